The van der Waals surface area contributed by atoms with Crippen molar-refractivity contribution in [1.82, 2.24) is 0 Å². The minimum absolute atomic E-state index is 0.0956. The number of pyridine rings is 1. The van der Waals surface area contributed by atoms with E-state index < -0.39 is 0 Å². The molecule has 14 heavy (non-hydrogen) atoms. The molecular weight excluding hydrogens is 174 g/mol. The third-order valence-electron chi connectivity index (χ3n) is 2.44. The van der Waals surface area contributed by atoms with Gasteiger partial charge in [-0.3, -0.25) is 4.79 Å². The van der Waals surface area contributed by atoms with Crippen molar-refractivity contribution in [2.24, 2.45) is 7.05 Å². The van der Waals surface area contributed by atoms with Crippen LogP contribution in [0.15, 0.2) is 36.4 Å². The maximum atomic E-state index is 11.3. The molecule has 2 rings (SSSR count). The minimum atomic E-state index is 0.0956. The van der Waals surface area contributed by atoms with Crippen LogP contribution in [0.2, 0.25) is 0 Å². The molecule has 2 heteroatoms. The van der Waals surface area contributed by atoms with Crippen LogP contribution < -0.4 is 4.57 Å². The number of hydrogen-bond donors (Lipinski definition) is 0. The Morgan fingerprint density at radius 3 is 2.57 bits per heavy atom. The second-order valence-corrected chi connectivity index (χ2v) is 3.39. The van der Waals surface area contributed by atoms with Gasteiger partial charge in [0.1, 0.15) is 7.05 Å². The van der Waals surface area contributed by atoms with Gasteiger partial charge in [-0.1, -0.05) is 12.1 Å². The van der Waals surface area contributed by atoms with E-state index in [4.69, 9.17) is 0 Å². The van der Waals surface area contributed by atoms with E-state index in [1.165, 1.54) is 0 Å². The van der Waals surface area contributed by atoms with Crippen LogP contribution in [0, 0.1) is 0 Å². The van der Waals surface area contributed by atoms with Crippen LogP contribution in [0.5, 0.6) is 0 Å². The molecule has 0 spiro atoms. The van der Waals surface area contributed by atoms with Crippen LogP contribution in [0.25, 0.3) is 10.9 Å². The number of aromatic nitrogens is 1. The molecule has 1 aromatic carbocycles. The summed E-state index contributed by atoms with van der Waals surface area (Å²) in [6.45, 7) is 1.59. The van der Waals surface area contributed by atoms with Gasteiger partial charge < -0.3 is 0 Å². The number of aryl methyl sites for hydroxylation is 1. The summed E-state index contributed by atoms with van der Waals surface area (Å²) in [6.07, 6.45) is 0. The quantitative estimate of drug-likeness (QED) is 0.492. The molecule has 0 radical (unpaired) electrons. The van der Waals surface area contributed by atoms with Gasteiger partial charge in [-0.2, -0.15) is 4.57 Å². The summed E-state index contributed by atoms with van der Waals surface area (Å²) in [7, 11) is 1.92. The van der Waals surface area contributed by atoms with Crippen molar-refractivity contribution in [2.75, 3.05) is 0 Å². The zero-order chi connectivity index (χ0) is 10.1. The number of para-hydroxylation sites is 1. The normalized spacial score (nSPS) is 10.4. The molecular formula is C12H12NO+. The summed E-state index contributed by atoms with van der Waals surface area (Å²) in [4.78, 5) is 11.3. The van der Waals surface area contributed by atoms with E-state index in [9.17, 15) is 4.79 Å². The van der Waals surface area contributed by atoms with Gasteiger partial charge in [-0.05, 0) is 12.1 Å². The van der Waals surface area contributed by atoms with Gasteiger partial charge in [0.05, 0.1) is 0 Å². The molecule has 0 amide bonds. The largest absolute Gasteiger partial charge is 0.288 e. The van der Waals surface area contributed by atoms with E-state index in [1.807, 2.05) is 48.0 Å². The smallest absolute Gasteiger partial charge is 0.248 e. The van der Waals surface area contributed by atoms with E-state index in [0.29, 0.717) is 0 Å². The van der Waals surface area contributed by atoms with Gasteiger partial charge in [0.15, 0.2) is 0 Å². The fourth-order valence-electron chi connectivity index (χ4n) is 1.70. The first-order chi connectivity index (χ1) is 6.70. The average molecular weight is 186 g/mol. The molecule has 2 aromatic rings. The van der Waals surface area contributed by atoms with Crippen LogP contribution in [-0.2, 0) is 7.05 Å². The van der Waals surface area contributed by atoms with Crippen molar-refractivity contribution >= 4 is 16.7 Å². The standard InChI is InChI=1S/C12H12NO/c1-9(14)11-8-7-10-5-3-4-6-12(10)13(11)2/h3-8H,1-2H3/q+1. The lowest BCUT2D eigenvalue weighted by Gasteiger charge is -1.99. The molecule has 0 atom stereocenters. The number of carbonyl (C=O) groups is 1. The molecule has 0 saturated heterocycles. The lowest BCUT2D eigenvalue weighted by molar-refractivity contribution is -0.646. The van der Waals surface area contributed by atoms with Crippen LogP contribution in [0.4, 0.5) is 0 Å². The summed E-state index contributed by atoms with van der Waals surface area (Å²) in [5.74, 6) is 0.0956. The lowest BCUT2D eigenvalue weighted by atomic mass is 10.1. The SMILES string of the molecule is CC(=O)c1ccc2ccccc2[n+]1C. The van der Waals surface area contributed by atoms with Crippen molar-refractivity contribution in [1.29, 1.82) is 0 Å². The molecule has 1 aromatic heterocycles. The zero-order valence-corrected chi connectivity index (χ0v) is 8.32. The third-order valence-corrected chi connectivity index (χ3v) is 2.44. The summed E-state index contributed by atoms with van der Waals surface area (Å²) in [5, 5.41) is 1.15. The first-order valence-electron chi connectivity index (χ1n) is 4.59. The molecule has 0 unspecified atom stereocenters. The molecule has 1 heterocycles. The number of carbonyl (C=O) groups excluding carboxylic acids is 1. The number of benzene rings is 1. The Bertz CT molecular complexity index is 503. The molecule has 0 bridgehead atoms. The van der Waals surface area contributed by atoms with E-state index in [2.05, 4.69) is 0 Å². The summed E-state index contributed by atoms with van der Waals surface area (Å²) in [5.41, 5.74) is 1.82. The molecule has 0 saturated carbocycles. The predicted octanol–water partition coefficient (Wildman–Crippen LogP) is 1.87. The number of rotatable bonds is 1. The number of Topliss-reactive ketones (excluding diaryl/α,β-unsaturated/α-hetero) is 1. The molecule has 0 aliphatic rings. The number of fused-ring (bicyclic) bond motifs is 1. The van der Waals surface area contributed by atoms with Crippen molar-refractivity contribution in [2.45, 2.75) is 6.92 Å². The summed E-state index contributed by atoms with van der Waals surface area (Å²) < 4.78 is 1.93. The van der Waals surface area contributed by atoms with Crippen LogP contribution in [0.1, 0.15) is 17.4 Å². The van der Waals surface area contributed by atoms with Crippen molar-refractivity contribution in [3.8, 4) is 0 Å². The molecule has 0 aliphatic heterocycles. The Kier molecular flexibility index (Phi) is 2.04. The Morgan fingerprint density at radius 1 is 1.14 bits per heavy atom. The van der Waals surface area contributed by atoms with Gasteiger partial charge in [0.2, 0.25) is 17.0 Å². The molecule has 0 N–H and O–H groups in total. The molecule has 70 valence electrons. The van der Waals surface area contributed by atoms with Crippen LogP contribution in [-0.4, -0.2) is 5.78 Å². The Labute approximate surface area is 82.8 Å². The zero-order valence-electron chi connectivity index (χ0n) is 8.32. The summed E-state index contributed by atoms with van der Waals surface area (Å²) in [6, 6.07) is 11.9. The van der Waals surface area contributed by atoms with Gasteiger partial charge in [0, 0.05) is 24.4 Å². The highest BCUT2D eigenvalue weighted by atomic mass is 16.1. The van der Waals surface area contributed by atoms with Crippen LogP contribution >= 0.6 is 0 Å². The Balaban J connectivity index is 2.81. The van der Waals surface area contributed by atoms with Gasteiger partial charge >= 0.3 is 0 Å². The minimum Gasteiger partial charge on any atom is -0.288 e. The van der Waals surface area contributed by atoms with Gasteiger partial charge in [-0.15, -0.1) is 0 Å². The van der Waals surface area contributed by atoms with E-state index in [0.717, 1.165) is 16.6 Å². The average Bonchev–Trinajstić information content (AvgIpc) is 2.18. The lowest BCUT2D eigenvalue weighted by Crippen LogP contribution is -2.36. The van der Waals surface area contributed by atoms with Crippen molar-refractivity contribution in [3.05, 3.63) is 42.1 Å². The molecule has 2 nitrogen and oxygen atoms in total. The highest BCUT2D eigenvalue weighted by molar-refractivity contribution is 5.92. The molecule has 0 aliphatic carbocycles. The number of ketones is 1. The monoisotopic (exact) mass is 186 g/mol. The maximum Gasteiger partial charge on any atom is 0.248 e. The first kappa shape index (κ1) is 8.88. The number of nitrogens with zero attached hydrogens (tertiary/aromatic N) is 1. The first-order valence-corrected chi connectivity index (χ1v) is 4.59. The fraction of sp³-hybridized carbons (Fsp3) is 0.167. The fourth-order valence-corrected chi connectivity index (χ4v) is 1.70. The van der Waals surface area contributed by atoms with Crippen LogP contribution in [0.3, 0.4) is 0 Å². The molecule has 0 fully saturated rings. The van der Waals surface area contributed by atoms with Gasteiger partial charge in [0.25, 0.3) is 0 Å². The van der Waals surface area contributed by atoms with Crippen molar-refractivity contribution < 1.29 is 9.36 Å². The Morgan fingerprint density at radius 2 is 1.86 bits per heavy atom. The van der Waals surface area contributed by atoms with Gasteiger partial charge in [-0.25, -0.2) is 0 Å². The second-order valence-electron chi connectivity index (χ2n) is 3.39. The highest BCUT2D eigenvalue weighted by Crippen LogP contribution is 2.09. The maximum absolute atomic E-state index is 11.3. The Hall–Kier alpha value is -1.70. The third kappa shape index (κ3) is 1.29. The topological polar surface area (TPSA) is 20.9 Å². The predicted molar refractivity (Wildman–Crippen MR) is 55.1 cm³/mol. The summed E-state index contributed by atoms with van der Waals surface area (Å²) >= 11 is 0. The highest BCUT2D eigenvalue weighted by Gasteiger charge is 2.14. The van der Waals surface area contributed by atoms with Crippen molar-refractivity contribution in [3.63, 3.8) is 0 Å². The van der Waals surface area contributed by atoms with E-state index in [-0.39, 0.29) is 5.78 Å². The van der Waals surface area contributed by atoms with E-state index >= 15 is 0 Å². The number of hydrogen-bond acceptors (Lipinski definition) is 1. The van der Waals surface area contributed by atoms with E-state index in [1.54, 1.807) is 6.92 Å². The second kappa shape index (κ2) is 3.22.